The number of carbonyl (C=O) groups excluding carboxylic acids is 1. The molecule has 9 nitrogen and oxygen atoms in total. The quantitative estimate of drug-likeness (QED) is 0.710. The highest BCUT2D eigenvalue weighted by Gasteiger charge is 2.25. The molecule has 5 rings (SSSR count). The minimum Gasteiger partial charge on any atom is -0.492 e. The molecule has 1 saturated heterocycles. The molecule has 0 radical (unpaired) electrons. The Hall–Kier alpha value is -3.88. The van der Waals surface area contributed by atoms with Crippen molar-refractivity contribution >= 4 is 35.5 Å². The van der Waals surface area contributed by atoms with Gasteiger partial charge in [-0.2, -0.15) is 4.98 Å². The molecule has 2 aliphatic rings. The van der Waals surface area contributed by atoms with Gasteiger partial charge in [0.25, 0.3) is 5.91 Å². The first kappa shape index (κ1) is 17.2. The van der Waals surface area contributed by atoms with Crippen molar-refractivity contribution in [2.45, 2.75) is 0 Å². The number of nitrogens with one attached hydrogen (secondary N) is 1. The normalized spacial score (nSPS) is 17.2. The van der Waals surface area contributed by atoms with Crippen LogP contribution >= 0.6 is 0 Å². The number of rotatable bonds is 3. The number of hydrogen-bond donors (Lipinski definition) is 2. The molecule has 0 aliphatic carbocycles. The van der Waals surface area contributed by atoms with Crippen LogP contribution in [0.25, 0.3) is 11.6 Å². The Kier molecular flexibility index (Phi) is 4.12. The van der Waals surface area contributed by atoms with Crippen molar-refractivity contribution < 1.29 is 14.3 Å². The summed E-state index contributed by atoms with van der Waals surface area (Å²) in [6.07, 6.45) is 6.71. The molecule has 146 valence electrons. The highest BCUT2D eigenvalue weighted by atomic mass is 16.3. The predicted octanol–water partition coefficient (Wildman–Crippen LogP) is 2.32. The number of aromatic amines is 1. The number of amides is 1. The van der Waals surface area contributed by atoms with Crippen LogP contribution in [0.2, 0.25) is 0 Å². The second-order valence-corrected chi connectivity index (χ2v) is 6.79. The number of carbonyl (C=O) groups is 1. The second kappa shape index (κ2) is 6.93. The maximum absolute atomic E-state index is 12.4. The molecule has 9 heteroatoms. The Morgan fingerprint density at radius 2 is 2.07 bits per heavy atom. The number of aromatic nitrogens is 3. The third kappa shape index (κ3) is 3.16. The van der Waals surface area contributed by atoms with Crippen molar-refractivity contribution in [2.75, 3.05) is 31.1 Å². The van der Waals surface area contributed by atoms with Gasteiger partial charge in [0.05, 0.1) is 6.26 Å². The Bertz CT molecular complexity index is 1110. The summed E-state index contributed by atoms with van der Waals surface area (Å²) in [5, 5.41) is 10.3. The molecule has 0 spiro atoms. The van der Waals surface area contributed by atoms with Crippen molar-refractivity contribution in [2.24, 2.45) is 4.99 Å². The smallest absolute Gasteiger partial charge is 0.289 e. The van der Waals surface area contributed by atoms with Crippen LogP contribution in [0.4, 0.5) is 11.8 Å². The van der Waals surface area contributed by atoms with E-state index in [0.29, 0.717) is 49.4 Å². The highest BCUT2D eigenvalue weighted by Crippen LogP contribution is 2.32. The van der Waals surface area contributed by atoms with Crippen LogP contribution in [0.3, 0.4) is 0 Å². The van der Waals surface area contributed by atoms with Crippen molar-refractivity contribution in [1.29, 1.82) is 0 Å². The van der Waals surface area contributed by atoms with Crippen LogP contribution in [0.15, 0.2) is 46.1 Å². The number of hydrogen-bond acceptors (Lipinski definition) is 7. The molecule has 2 aliphatic heterocycles. The lowest BCUT2D eigenvalue weighted by Gasteiger charge is -2.34. The van der Waals surface area contributed by atoms with Crippen LogP contribution < -0.4 is 4.90 Å². The molecule has 3 aromatic rings. The summed E-state index contributed by atoms with van der Waals surface area (Å²) in [5.41, 5.74) is 2.27. The van der Waals surface area contributed by atoms with Crippen molar-refractivity contribution in [3.63, 3.8) is 0 Å². The fourth-order valence-electron chi connectivity index (χ4n) is 3.49. The number of allylic oxidation sites excluding steroid dienone is 1. The van der Waals surface area contributed by atoms with Crippen LogP contribution in [0.5, 0.6) is 5.88 Å². The van der Waals surface area contributed by atoms with Crippen LogP contribution in [-0.2, 0) is 0 Å². The number of aromatic hydroxyl groups is 1. The molecule has 0 saturated carbocycles. The van der Waals surface area contributed by atoms with E-state index in [1.807, 2.05) is 17.0 Å². The number of pyridine rings is 1. The maximum Gasteiger partial charge on any atom is 0.289 e. The zero-order valence-electron chi connectivity index (χ0n) is 15.4. The third-order valence-electron chi connectivity index (χ3n) is 5.02. The first-order valence-corrected chi connectivity index (χ1v) is 9.27. The Morgan fingerprint density at radius 3 is 2.86 bits per heavy atom. The topological polar surface area (TPSA) is 111 Å². The van der Waals surface area contributed by atoms with Gasteiger partial charge in [-0.3, -0.25) is 4.79 Å². The first-order chi connectivity index (χ1) is 14.2. The van der Waals surface area contributed by atoms with E-state index in [9.17, 15) is 9.90 Å². The van der Waals surface area contributed by atoms with Gasteiger partial charge in [-0.15, -0.1) is 0 Å². The SMILES string of the molecule is O=C(c1ccco1)N1CCN(c2nc(O)c(/C=C3\C=Nc4ncccc43)[nH]2)CC1. The van der Waals surface area contributed by atoms with Gasteiger partial charge in [-0.25, -0.2) is 9.98 Å². The highest BCUT2D eigenvalue weighted by molar-refractivity contribution is 6.20. The molecule has 3 aromatic heterocycles. The number of H-pyrrole nitrogens is 1. The summed E-state index contributed by atoms with van der Waals surface area (Å²) in [7, 11) is 0. The van der Waals surface area contributed by atoms with E-state index >= 15 is 0 Å². The van der Waals surface area contributed by atoms with E-state index in [1.54, 1.807) is 35.5 Å². The standard InChI is InChI=1S/C20H18N6O3/c27-18-15(11-13-12-22-17-14(13)3-1-5-21-17)23-20(24-18)26-8-6-25(7-9-26)19(28)16-4-2-10-29-16/h1-5,10-12,27H,6-9H2,(H,23,24)/b13-11+. The summed E-state index contributed by atoms with van der Waals surface area (Å²) in [6.45, 7) is 2.29. The summed E-state index contributed by atoms with van der Waals surface area (Å²) in [6, 6.07) is 7.15. The number of fused-ring (bicyclic) bond motifs is 1. The van der Waals surface area contributed by atoms with Gasteiger partial charge < -0.3 is 24.3 Å². The summed E-state index contributed by atoms with van der Waals surface area (Å²) in [5.74, 6) is 1.38. The average molecular weight is 390 g/mol. The van der Waals surface area contributed by atoms with Gasteiger partial charge in [-0.05, 0) is 30.3 Å². The zero-order chi connectivity index (χ0) is 19.8. The van der Waals surface area contributed by atoms with Crippen molar-refractivity contribution in [3.05, 3.63) is 53.7 Å². The fourth-order valence-corrected chi connectivity index (χ4v) is 3.49. The number of anilines is 1. The van der Waals surface area contributed by atoms with Crippen molar-refractivity contribution in [1.82, 2.24) is 19.9 Å². The Morgan fingerprint density at radius 1 is 1.21 bits per heavy atom. The van der Waals surface area contributed by atoms with E-state index in [4.69, 9.17) is 4.42 Å². The van der Waals surface area contributed by atoms with E-state index in [-0.39, 0.29) is 11.8 Å². The molecule has 0 unspecified atom stereocenters. The van der Waals surface area contributed by atoms with E-state index < -0.39 is 0 Å². The predicted molar refractivity (Wildman–Crippen MR) is 107 cm³/mol. The number of nitrogens with zero attached hydrogens (tertiary/aromatic N) is 5. The van der Waals surface area contributed by atoms with Crippen LogP contribution in [0, 0.1) is 0 Å². The van der Waals surface area contributed by atoms with Gasteiger partial charge in [0, 0.05) is 49.7 Å². The maximum atomic E-state index is 12.4. The lowest BCUT2D eigenvalue weighted by atomic mass is 10.1. The van der Waals surface area contributed by atoms with Crippen molar-refractivity contribution in [3.8, 4) is 5.88 Å². The van der Waals surface area contributed by atoms with Gasteiger partial charge in [0.1, 0.15) is 5.69 Å². The number of imidazole rings is 1. The lowest BCUT2D eigenvalue weighted by Crippen LogP contribution is -2.49. The summed E-state index contributed by atoms with van der Waals surface area (Å²) < 4.78 is 5.19. The van der Waals surface area contributed by atoms with Crippen LogP contribution in [-0.4, -0.2) is 63.3 Å². The van der Waals surface area contributed by atoms with Gasteiger partial charge in [0.2, 0.25) is 11.8 Å². The van der Waals surface area contributed by atoms with Crippen LogP contribution in [0.1, 0.15) is 21.8 Å². The molecule has 29 heavy (non-hydrogen) atoms. The molecule has 1 amide bonds. The second-order valence-electron chi connectivity index (χ2n) is 6.79. The number of aliphatic imine (C=N–C) groups is 1. The lowest BCUT2D eigenvalue weighted by molar-refractivity contribution is 0.0714. The minimum atomic E-state index is -0.116. The Labute approximate surface area is 166 Å². The molecule has 0 atom stereocenters. The zero-order valence-corrected chi connectivity index (χ0v) is 15.4. The minimum absolute atomic E-state index is 0.0765. The van der Waals surface area contributed by atoms with E-state index in [0.717, 1.165) is 11.1 Å². The van der Waals surface area contributed by atoms with E-state index in [1.165, 1.54) is 6.26 Å². The van der Waals surface area contributed by atoms with Gasteiger partial charge >= 0.3 is 0 Å². The number of piperazine rings is 1. The number of furan rings is 1. The third-order valence-corrected chi connectivity index (χ3v) is 5.02. The molecule has 5 heterocycles. The molecular weight excluding hydrogens is 372 g/mol. The van der Waals surface area contributed by atoms with Gasteiger partial charge in [0.15, 0.2) is 11.6 Å². The molecule has 1 fully saturated rings. The summed E-state index contributed by atoms with van der Waals surface area (Å²) in [4.78, 5) is 32.0. The molecule has 0 bridgehead atoms. The van der Waals surface area contributed by atoms with Gasteiger partial charge in [-0.1, -0.05) is 0 Å². The molecule has 2 N–H and O–H groups in total. The van der Waals surface area contributed by atoms with E-state index in [2.05, 4.69) is 19.9 Å². The molecular formula is C20H18N6O3. The Balaban J connectivity index is 1.30. The first-order valence-electron chi connectivity index (χ1n) is 9.27. The monoisotopic (exact) mass is 390 g/mol. The fraction of sp³-hybridized carbons (Fsp3) is 0.200. The molecule has 0 aromatic carbocycles. The largest absolute Gasteiger partial charge is 0.492 e. The average Bonchev–Trinajstić information content (AvgIpc) is 3.49. The summed E-state index contributed by atoms with van der Waals surface area (Å²) >= 11 is 0.